The highest BCUT2D eigenvalue weighted by atomic mass is 16.6. The molecule has 6 nitrogen and oxygen atoms in total. The molecular formula is C13H15N3O3. The Morgan fingerprint density at radius 2 is 2.05 bits per heavy atom. The molecule has 100 valence electrons. The number of methoxy groups -OCH3 is 1. The van der Waals surface area contributed by atoms with Gasteiger partial charge >= 0.3 is 5.97 Å². The standard InChI is InChI=1S/C13H15N3O3/c1-3-16-12(14)8-9(15-16)13(17)19-11-7-5-4-6-10(11)18-2/h4-8H,3,14H2,1-2H3. The number of nitrogens with zero attached hydrogens (tertiary/aromatic N) is 2. The first kappa shape index (κ1) is 12.9. The van der Waals surface area contributed by atoms with E-state index >= 15 is 0 Å². The van der Waals surface area contributed by atoms with Crippen molar-refractivity contribution in [1.82, 2.24) is 9.78 Å². The number of carbonyl (C=O) groups excluding carboxylic acids is 1. The van der Waals surface area contributed by atoms with Crippen LogP contribution in [0, 0.1) is 0 Å². The SMILES string of the molecule is CCn1nc(C(=O)Oc2ccccc2OC)cc1N. The third-order valence-electron chi connectivity index (χ3n) is 2.59. The van der Waals surface area contributed by atoms with Gasteiger partial charge in [0.1, 0.15) is 5.82 Å². The van der Waals surface area contributed by atoms with Gasteiger partial charge in [0.05, 0.1) is 7.11 Å². The van der Waals surface area contributed by atoms with Crippen molar-refractivity contribution in [2.45, 2.75) is 13.5 Å². The number of para-hydroxylation sites is 2. The molecule has 0 radical (unpaired) electrons. The maximum absolute atomic E-state index is 12.0. The van der Waals surface area contributed by atoms with Crippen molar-refractivity contribution in [3.63, 3.8) is 0 Å². The number of rotatable bonds is 4. The van der Waals surface area contributed by atoms with E-state index in [2.05, 4.69) is 5.10 Å². The summed E-state index contributed by atoms with van der Waals surface area (Å²) in [6.45, 7) is 2.48. The van der Waals surface area contributed by atoms with Gasteiger partial charge in [0.2, 0.25) is 0 Å². The summed E-state index contributed by atoms with van der Waals surface area (Å²) in [4.78, 5) is 12.0. The fourth-order valence-electron chi connectivity index (χ4n) is 1.64. The number of esters is 1. The van der Waals surface area contributed by atoms with E-state index in [1.165, 1.54) is 17.9 Å². The van der Waals surface area contributed by atoms with Crippen molar-refractivity contribution < 1.29 is 14.3 Å². The van der Waals surface area contributed by atoms with Crippen LogP contribution in [0.5, 0.6) is 11.5 Å². The van der Waals surface area contributed by atoms with Crippen LogP contribution in [0.25, 0.3) is 0 Å². The monoisotopic (exact) mass is 261 g/mol. The number of nitrogen functional groups attached to an aromatic ring is 1. The van der Waals surface area contributed by atoms with Crippen molar-refractivity contribution in [3.8, 4) is 11.5 Å². The maximum Gasteiger partial charge on any atom is 0.364 e. The van der Waals surface area contributed by atoms with Crippen LogP contribution >= 0.6 is 0 Å². The number of nitrogens with two attached hydrogens (primary N) is 1. The molecule has 0 spiro atoms. The number of hydrogen-bond acceptors (Lipinski definition) is 5. The molecule has 1 aromatic heterocycles. The van der Waals surface area contributed by atoms with Crippen molar-refractivity contribution in [2.24, 2.45) is 0 Å². The second kappa shape index (κ2) is 5.43. The molecule has 0 unspecified atom stereocenters. The summed E-state index contributed by atoms with van der Waals surface area (Å²) >= 11 is 0. The van der Waals surface area contributed by atoms with Gasteiger partial charge in [-0.05, 0) is 19.1 Å². The lowest BCUT2D eigenvalue weighted by molar-refractivity contribution is 0.0722. The van der Waals surface area contributed by atoms with Gasteiger partial charge in [-0.15, -0.1) is 0 Å². The number of hydrogen-bond donors (Lipinski definition) is 1. The van der Waals surface area contributed by atoms with Crippen molar-refractivity contribution in [1.29, 1.82) is 0 Å². The summed E-state index contributed by atoms with van der Waals surface area (Å²) in [5.41, 5.74) is 5.88. The molecule has 2 rings (SSSR count). The molecule has 1 heterocycles. The van der Waals surface area contributed by atoms with Crippen LogP contribution in [-0.4, -0.2) is 22.9 Å². The summed E-state index contributed by atoms with van der Waals surface area (Å²) in [6, 6.07) is 8.39. The lowest BCUT2D eigenvalue weighted by Crippen LogP contribution is -2.11. The lowest BCUT2D eigenvalue weighted by atomic mass is 10.3. The third kappa shape index (κ3) is 2.67. The van der Waals surface area contributed by atoms with Crippen LogP contribution in [0.2, 0.25) is 0 Å². The largest absolute Gasteiger partial charge is 0.493 e. The molecule has 0 saturated carbocycles. The van der Waals surface area contributed by atoms with Crippen molar-refractivity contribution in [3.05, 3.63) is 36.0 Å². The molecule has 0 aliphatic carbocycles. The second-order valence-electron chi connectivity index (χ2n) is 3.81. The molecule has 0 aliphatic rings. The van der Waals surface area contributed by atoms with E-state index in [9.17, 15) is 4.79 Å². The first-order valence-corrected chi connectivity index (χ1v) is 5.84. The van der Waals surface area contributed by atoms with E-state index < -0.39 is 5.97 Å². The molecule has 0 aliphatic heterocycles. The maximum atomic E-state index is 12.0. The summed E-state index contributed by atoms with van der Waals surface area (Å²) in [5.74, 6) is 0.691. The minimum Gasteiger partial charge on any atom is -0.493 e. The van der Waals surface area contributed by atoms with Gasteiger partial charge in [0.25, 0.3) is 0 Å². The Labute approximate surface area is 110 Å². The molecule has 19 heavy (non-hydrogen) atoms. The highest BCUT2D eigenvalue weighted by molar-refractivity contribution is 5.90. The molecule has 0 saturated heterocycles. The third-order valence-corrected chi connectivity index (χ3v) is 2.59. The van der Waals surface area contributed by atoms with E-state index in [0.29, 0.717) is 23.9 Å². The molecule has 0 amide bonds. The fraction of sp³-hybridized carbons (Fsp3) is 0.231. The fourth-order valence-corrected chi connectivity index (χ4v) is 1.64. The highest BCUT2D eigenvalue weighted by Gasteiger charge is 2.16. The Bertz CT molecular complexity index is 593. The summed E-state index contributed by atoms with van der Waals surface area (Å²) in [6.07, 6.45) is 0. The lowest BCUT2D eigenvalue weighted by Gasteiger charge is -2.07. The zero-order valence-electron chi connectivity index (χ0n) is 10.8. The van der Waals surface area contributed by atoms with Crippen molar-refractivity contribution >= 4 is 11.8 Å². The number of aromatic nitrogens is 2. The average molecular weight is 261 g/mol. The average Bonchev–Trinajstić information content (AvgIpc) is 2.80. The molecule has 0 bridgehead atoms. The van der Waals surface area contributed by atoms with Gasteiger partial charge in [-0.1, -0.05) is 12.1 Å². The molecule has 0 atom stereocenters. The van der Waals surface area contributed by atoms with Crippen LogP contribution in [-0.2, 0) is 6.54 Å². The van der Waals surface area contributed by atoms with Crippen LogP contribution in [0.4, 0.5) is 5.82 Å². The van der Waals surface area contributed by atoms with Gasteiger partial charge in [-0.3, -0.25) is 0 Å². The molecule has 2 aromatic rings. The first-order chi connectivity index (χ1) is 9.15. The van der Waals surface area contributed by atoms with E-state index in [0.717, 1.165) is 0 Å². The topological polar surface area (TPSA) is 79.4 Å². The molecule has 2 N–H and O–H groups in total. The molecular weight excluding hydrogens is 246 g/mol. The molecule has 6 heteroatoms. The number of ether oxygens (including phenoxy) is 2. The number of benzene rings is 1. The van der Waals surface area contributed by atoms with Gasteiger partial charge in [-0.2, -0.15) is 5.10 Å². The van der Waals surface area contributed by atoms with Crippen LogP contribution < -0.4 is 15.2 Å². The Balaban J connectivity index is 2.20. The number of aryl methyl sites for hydroxylation is 1. The van der Waals surface area contributed by atoms with E-state index in [4.69, 9.17) is 15.2 Å². The van der Waals surface area contributed by atoms with Gasteiger partial charge in [0, 0.05) is 12.6 Å². The normalized spacial score (nSPS) is 10.2. The van der Waals surface area contributed by atoms with Gasteiger partial charge in [-0.25, -0.2) is 9.48 Å². The predicted molar refractivity (Wildman–Crippen MR) is 70.3 cm³/mol. The molecule has 1 aromatic carbocycles. The highest BCUT2D eigenvalue weighted by Crippen LogP contribution is 2.26. The minimum atomic E-state index is -0.566. The quantitative estimate of drug-likeness (QED) is 0.669. The van der Waals surface area contributed by atoms with Crippen LogP contribution in [0.15, 0.2) is 30.3 Å². The first-order valence-electron chi connectivity index (χ1n) is 5.84. The minimum absolute atomic E-state index is 0.172. The zero-order valence-corrected chi connectivity index (χ0v) is 10.8. The van der Waals surface area contributed by atoms with Crippen molar-refractivity contribution in [2.75, 3.05) is 12.8 Å². The number of anilines is 1. The van der Waals surface area contributed by atoms with Crippen LogP contribution in [0.3, 0.4) is 0 Å². The zero-order chi connectivity index (χ0) is 13.8. The van der Waals surface area contributed by atoms with E-state index in [1.54, 1.807) is 24.3 Å². The Hall–Kier alpha value is -2.50. The summed E-state index contributed by atoms with van der Waals surface area (Å²) < 4.78 is 11.9. The Morgan fingerprint density at radius 3 is 2.63 bits per heavy atom. The Kier molecular flexibility index (Phi) is 3.70. The smallest absolute Gasteiger partial charge is 0.364 e. The van der Waals surface area contributed by atoms with Gasteiger partial charge < -0.3 is 15.2 Å². The molecule has 0 fully saturated rings. The van der Waals surface area contributed by atoms with E-state index in [-0.39, 0.29) is 5.69 Å². The Morgan fingerprint density at radius 1 is 1.37 bits per heavy atom. The second-order valence-corrected chi connectivity index (χ2v) is 3.81. The number of carbonyl (C=O) groups is 1. The predicted octanol–water partition coefficient (Wildman–Crippen LogP) is 1.71. The van der Waals surface area contributed by atoms with Gasteiger partial charge in [0.15, 0.2) is 17.2 Å². The summed E-state index contributed by atoms with van der Waals surface area (Å²) in [5, 5.41) is 4.06. The van der Waals surface area contributed by atoms with E-state index in [1.807, 2.05) is 6.92 Å². The van der Waals surface area contributed by atoms with Crippen LogP contribution in [0.1, 0.15) is 17.4 Å². The summed E-state index contributed by atoms with van der Waals surface area (Å²) in [7, 11) is 1.51.